The number of esters is 1. The van der Waals surface area contributed by atoms with Crippen LogP contribution in [0.15, 0.2) is 18.2 Å². The van der Waals surface area contributed by atoms with Gasteiger partial charge in [0.15, 0.2) is 0 Å². The number of hydrogen-bond donors (Lipinski definition) is 0. The van der Waals surface area contributed by atoms with E-state index in [1.54, 1.807) is 13.0 Å². The second-order valence-corrected chi connectivity index (χ2v) is 4.56. The van der Waals surface area contributed by atoms with Crippen molar-refractivity contribution in [1.29, 1.82) is 0 Å². The Labute approximate surface area is 104 Å². The van der Waals surface area contributed by atoms with Crippen LogP contribution in [0.5, 0.6) is 5.75 Å². The third kappa shape index (κ3) is 3.66. The maximum atomic E-state index is 12.5. The van der Waals surface area contributed by atoms with Gasteiger partial charge in [-0.3, -0.25) is 0 Å². The average Bonchev–Trinajstić information content (AvgIpc) is 2.15. The van der Waals surface area contributed by atoms with Crippen molar-refractivity contribution in [2.45, 2.75) is 32.1 Å². The molecule has 5 heteroatoms. The predicted molar refractivity (Wildman–Crippen MR) is 61.7 cm³/mol. The van der Waals surface area contributed by atoms with Crippen molar-refractivity contribution in [2.75, 3.05) is 0 Å². The summed E-state index contributed by atoms with van der Waals surface area (Å²) in [5.41, 5.74) is 1.50. The van der Waals surface area contributed by atoms with Crippen LogP contribution in [0.2, 0.25) is 0 Å². The number of benzene rings is 1. The fraction of sp³-hybridized carbons (Fsp3) is 0.417. The molecular formula is C12H13ClF2O2. The molecule has 0 aliphatic heterocycles. The highest BCUT2D eigenvalue weighted by Gasteiger charge is 2.38. The number of carbonyl (C=O) groups is 1. The Hall–Kier alpha value is -1.16. The molecule has 0 saturated carbocycles. The molecule has 1 aromatic carbocycles. The summed E-state index contributed by atoms with van der Waals surface area (Å²) in [5.74, 6) is -1.57. The predicted octanol–water partition coefficient (Wildman–Crippen LogP) is 3.86. The van der Waals surface area contributed by atoms with E-state index in [1.807, 2.05) is 19.9 Å². The molecule has 0 amide bonds. The van der Waals surface area contributed by atoms with Crippen molar-refractivity contribution in [1.82, 2.24) is 0 Å². The molecule has 2 nitrogen and oxygen atoms in total. The zero-order chi connectivity index (χ0) is 13.2. The maximum Gasteiger partial charge on any atom is 0.418 e. The molecule has 0 aliphatic carbocycles. The fourth-order valence-electron chi connectivity index (χ4n) is 1.36. The molecule has 0 radical (unpaired) electrons. The van der Waals surface area contributed by atoms with Gasteiger partial charge in [0.2, 0.25) is 0 Å². The molecule has 0 aromatic heterocycles. The lowest BCUT2D eigenvalue weighted by molar-refractivity contribution is -0.150. The van der Waals surface area contributed by atoms with Crippen LogP contribution in [-0.4, -0.2) is 11.4 Å². The summed E-state index contributed by atoms with van der Waals surface area (Å²) in [6.45, 7) is 5.53. The zero-order valence-electron chi connectivity index (χ0n) is 9.76. The molecule has 1 rings (SSSR count). The molecule has 0 spiro atoms. The minimum absolute atomic E-state index is 0.0577. The van der Waals surface area contributed by atoms with Gasteiger partial charge >= 0.3 is 11.4 Å². The Bertz CT molecular complexity index is 425. The van der Waals surface area contributed by atoms with Gasteiger partial charge in [0.25, 0.3) is 0 Å². The third-order valence-electron chi connectivity index (χ3n) is 2.23. The lowest BCUT2D eigenvalue weighted by Crippen LogP contribution is -2.27. The van der Waals surface area contributed by atoms with Crippen molar-refractivity contribution < 1.29 is 18.3 Å². The van der Waals surface area contributed by atoms with E-state index in [0.29, 0.717) is 5.56 Å². The molecule has 0 aliphatic rings. The molecule has 0 unspecified atom stereocenters. The highest BCUT2D eigenvalue weighted by molar-refractivity contribution is 6.31. The number of rotatable bonds is 3. The smallest absolute Gasteiger partial charge is 0.418 e. The number of hydrogen-bond acceptors (Lipinski definition) is 2. The molecule has 94 valence electrons. The first-order valence-corrected chi connectivity index (χ1v) is 5.49. The summed E-state index contributed by atoms with van der Waals surface area (Å²) in [4.78, 5) is 11.0. The zero-order valence-corrected chi connectivity index (χ0v) is 10.5. The van der Waals surface area contributed by atoms with Gasteiger partial charge in [-0.05, 0) is 41.6 Å². The second-order valence-electron chi connectivity index (χ2n) is 4.08. The summed E-state index contributed by atoms with van der Waals surface area (Å²) in [6, 6.07) is 5.11. The number of alkyl halides is 3. The van der Waals surface area contributed by atoms with Crippen molar-refractivity contribution in [2.24, 2.45) is 0 Å². The van der Waals surface area contributed by atoms with Crippen LogP contribution in [0, 0.1) is 6.92 Å². The summed E-state index contributed by atoms with van der Waals surface area (Å²) in [7, 11) is 0. The standard InChI is InChI=1S/C12H13ClF2O2/c1-7(2)9-5-4-8(3)6-10(9)17-11(16)12(13,14)15/h4-7H,1-3H3. The normalized spacial score (nSPS) is 11.7. The molecule has 0 fully saturated rings. The molecule has 0 bridgehead atoms. The van der Waals surface area contributed by atoms with E-state index < -0.39 is 11.4 Å². The summed E-state index contributed by atoms with van der Waals surface area (Å²) in [6.07, 6.45) is 0. The lowest BCUT2D eigenvalue weighted by atomic mass is 10.0. The fourth-order valence-corrected chi connectivity index (χ4v) is 1.40. The van der Waals surface area contributed by atoms with E-state index in [1.165, 1.54) is 6.07 Å². The first-order chi connectivity index (χ1) is 7.71. The van der Waals surface area contributed by atoms with Crippen LogP contribution in [0.4, 0.5) is 8.78 Å². The summed E-state index contributed by atoms with van der Waals surface area (Å²) < 4.78 is 29.7. The Morgan fingerprint density at radius 3 is 2.47 bits per heavy atom. The topological polar surface area (TPSA) is 26.3 Å². The average molecular weight is 263 g/mol. The first kappa shape index (κ1) is 13.9. The Morgan fingerprint density at radius 1 is 1.41 bits per heavy atom. The molecular weight excluding hydrogens is 250 g/mol. The highest BCUT2D eigenvalue weighted by atomic mass is 35.5. The second kappa shape index (κ2) is 5.00. The van der Waals surface area contributed by atoms with Gasteiger partial charge in [-0.15, -0.1) is 0 Å². The van der Waals surface area contributed by atoms with Crippen molar-refractivity contribution >= 4 is 17.6 Å². The van der Waals surface area contributed by atoms with Gasteiger partial charge < -0.3 is 4.74 Å². The van der Waals surface area contributed by atoms with Gasteiger partial charge in [0.1, 0.15) is 5.75 Å². The summed E-state index contributed by atoms with van der Waals surface area (Å²) in [5, 5.41) is -4.00. The Morgan fingerprint density at radius 2 is 2.00 bits per heavy atom. The quantitative estimate of drug-likeness (QED) is 0.470. The Kier molecular flexibility index (Phi) is 4.09. The van der Waals surface area contributed by atoms with Crippen LogP contribution in [0.25, 0.3) is 0 Å². The van der Waals surface area contributed by atoms with E-state index in [2.05, 4.69) is 16.3 Å². The SMILES string of the molecule is Cc1ccc(C(C)C)c(OC(=O)C(F)(F)Cl)c1. The molecule has 0 N–H and O–H groups in total. The van der Waals surface area contributed by atoms with Crippen LogP contribution >= 0.6 is 11.6 Å². The minimum atomic E-state index is -4.00. The number of aryl methyl sites for hydroxylation is 1. The van der Waals surface area contributed by atoms with Crippen molar-refractivity contribution in [3.05, 3.63) is 29.3 Å². The van der Waals surface area contributed by atoms with Gasteiger partial charge in [-0.1, -0.05) is 26.0 Å². The largest absolute Gasteiger partial charge is 0.421 e. The van der Waals surface area contributed by atoms with Gasteiger partial charge in [0, 0.05) is 0 Å². The monoisotopic (exact) mass is 262 g/mol. The van der Waals surface area contributed by atoms with Gasteiger partial charge in [-0.2, -0.15) is 8.78 Å². The van der Waals surface area contributed by atoms with Crippen molar-refractivity contribution in [3.8, 4) is 5.75 Å². The maximum absolute atomic E-state index is 12.5. The van der Waals surface area contributed by atoms with E-state index in [9.17, 15) is 13.6 Å². The van der Waals surface area contributed by atoms with E-state index in [-0.39, 0.29) is 11.7 Å². The van der Waals surface area contributed by atoms with Crippen LogP contribution in [-0.2, 0) is 4.79 Å². The van der Waals surface area contributed by atoms with Crippen LogP contribution in [0.1, 0.15) is 30.9 Å². The molecule has 0 atom stereocenters. The van der Waals surface area contributed by atoms with E-state index in [0.717, 1.165) is 5.56 Å². The first-order valence-electron chi connectivity index (χ1n) is 5.11. The molecule has 0 saturated heterocycles. The third-order valence-corrected chi connectivity index (χ3v) is 2.38. The van der Waals surface area contributed by atoms with Gasteiger partial charge in [0.05, 0.1) is 0 Å². The number of halogens is 3. The molecule has 1 aromatic rings. The van der Waals surface area contributed by atoms with Crippen LogP contribution in [0.3, 0.4) is 0 Å². The Balaban J connectivity index is 3.05. The minimum Gasteiger partial charge on any atom is -0.421 e. The lowest BCUT2D eigenvalue weighted by Gasteiger charge is -2.14. The number of ether oxygens (including phenoxy) is 1. The highest BCUT2D eigenvalue weighted by Crippen LogP contribution is 2.30. The molecule has 17 heavy (non-hydrogen) atoms. The summed E-state index contributed by atoms with van der Waals surface area (Å²) >= 11 is 4.60. The number of carbonyl (C=O) groups excluding carboxylic acids is 1. The van der Waals surface area contributed by atoms with Gasteiger partial charge in [-0.25, -0.2) is 4.79 Å². The van der Waals surface area contributed by atoms with Crippen LogP contribution < -0.4 is 4.74 Å². The van der Waals surface area contributed by atoms with E-state index in [4.69, 9.17) is 0 Å². The van der Waals surface area contributed by atoms with Crippen molar-refractivity contribution in [3.63, 3.8) is 0 Å². The molecule has 0 heterocycles. The van der Waals surface area contributed by atoms with E-state index >= 15 is 0 Å².